The van der Waals surface area contributed by atoms with E-state index < -0.39 is 0 Å². The van der Waals surface area contributed by atoms with Gasteiger partial charge in [0.15, 0.2) is 5.69 Å². The van der Waals surface area contributed by atoms with Crippen molar-refractivity contribution in [3.8, 4) is 11.8 Å². The molecule has 0 bridgehead atoms. The molecule has 0 saturated heterocycles. The van der Waals surface area contributed by atoms with E-state index in [-0.39, 0.29) is 0 Å². The fourth-order valence-electron chi connectivity index (χ4n) is 0.433. The van der Waals surface area contributed by atoms with Gasteiger partial charge in [-0.3, -0.25) is 0 Å². The van der Waals surface area contributed by atoms with Crippen LogP contribution in [0.4, 0.5) is 0 Å². The Morgan fingerprint density at radius 3 is 3.00 bits per heavy atom. The van der Waals surface area contributed by atoms with Crippen molar-refractivity contribution in [3.05, 3.63) is 18.2 Å². The van der Waals surface area contributed by atoms with Gasteiger partial charge in [0.25, 0.3) is 0 Å². The molecule has 1 heterocycles. The van der Waals surface area contributed by atoms with E-state index in [1.807, 2.05) is 0 Å². The summed E-state index contributed by atoms with van der Waals surface area (Å²) < 4.78 is 0. The Kier molecular flexibility index (Phi) is 1.76. The number of hydrogen-bond acceptors (Lipinski definition) is 3. The summed E-state index contributed by atoms with van der Waals surface area (Å²) in [5.41, 5.74) is 0.611. The Bertz CT molecular complexity index is 231. The largest absolute Gasteiger partial charge is 0.240 e. The lowest BCUT2D eigenvalue weighted by Crippen LogP contribution is -1.86. The van der Waals surface area contributed by atoms with Crippen LogP contribution in [0, 0.1) is 11.8 Å². The molecule has 0 atom stereocenters. The van der Waals surface area contributed by atoms with Crippen molar-refractivity contribution in [3.63, 3.8) is 0 Å². The highest BCUT2D eigenvalue weighted by Crippen LogP contribution is 1.80. The highest BCUT2D eigenvalue weighted by molar-refractivity contribution is 5.21. The lowest BCUT2D eigenvalue weighted by molar-refractivity contribution is 0.953. The van der Waals surface area contributed by atoms with Crippen molar-refractivity contribution in [2.45, 2.75) is 6.92 Å². The monoisotopic (exact) mass is 119 g/mol. The third kappa shape index (κ3) is 1.50. The molecular weight excluding hydrogens is 114 g/mol. The average Bonchev–Trinajstić information content (AvgIpc) is 1.91. The Hall–Kier alpha value is -1.43. The molecule has 1 rings (SSSR count). The fourth-order valence-corrected chi connectivity index (χ4v) is 0.433. The lowest BCUT2D eigenvalue weighted by Gasteiger charge is -1.80. The highest BCUT2D eigenvalue weighted by Gasteiger charge is 1.82. The molecule has 3 nitrogen and oxygen atoms in total. The number of rotatable bonds is 0. The van der Waals surface area contributed by atoms with E-state index >= 15 is 0 Å². The standard InChI is InChI=1S/C6H5N3/c1-2-3-6-4-7-5-8-9-6/h4-5H,1H3. The van der Waals surface area contributed by atoms with Gasteiger partial charge in [0.2, 0.25) is 0 Å². The van der Waals surface area contributed by atoms with Gasteiger partial charge in [0.05, 0.1) is 6.20 Å². The number of aromatic nitrogens is 3. The van der Waals surface area contributed by atoms with Gasteiger partial charge in [-0.25, -0.2) is 4.98 Å². The Labute approximate surface area is 53.2 Å². The first-order valence-corrected chi connectivity index (χ1v) is 2.49. The molecule has 0 amide bonds. The molecule has 1 aromatic rings. The summed E-state index contributed by atoms with van der Waals surface area (Å²) in [4.78, 5) is 3.73. The van der Waals surface area contributed by atoms with Crippen LogP contribution in [0.2, 0.25) is 0 Å². The molecule has 0 aliphatic rings. The van der Waals surface area contributed by atoms with Crippen molar-refractivity contribution >= 4 is 0 Å². The van der Waals surface area contributed by atoms with Gasteiger partial charge in [-0.2, -0.15) is 0 Å². The van der Waals surface area contributed by atoms with Crippen LogP contribution >= 0.6 is 0 Å². The van der Waals surface area contributed by atoms with Gasteiger partial charge in [0.1, 0.15) is 6.33 Å². The van der Waals surface area contributed by atoms with Crippen LogP contribution in [0.25, 0.3) is 0 Å². The molecule has 0 spiro atoms. The van der Waals surface area contributed by atoms with Crippen LogP contribution in [-0.4, -0.2) is 15.2 Å². The van der Waals surface area contributed by atoms with Gasteiger partial charge in [-0.15, -0.1) is 10.2 Å². The van der Waals surface area contributed by atoms with Gasteiger partial charge < -0.3 is 0 Å². The molecule has 1 aromatic heterocycles. The summed E-state index contributed by atoms with van der Waals surface area (Å²) in [6.45, 7) is 1.74. The lowest BCUT2D eigenvalue weighted by atomic mass is 10.5. The summed E-state index contributed by atoms with van der Waals surface area (Å²) in [5.74, 6) is 5.41. The quantitative estimate of drug-likeness (QED) is 0.459. The minimum Gasteiger partial charge on any atom is -0.240 e. The normalized spacial score (nSPS) is 7.67. The molecule has 9 heavy (non-hydrogen) atoms. The van der Waals surface area contributed by atoms with Crippen LogP contribution in [0.1, 0.15) is 12.6 Å². The van der Waals surface area contributed by atoms with E-state index in [0.717, 1.165) is 0 Å². The highest BCUT2D eigenvalue weighted by atomic mass is 15.1. The maximum Gasteiger partial charge on any atom is 0.154 e. The summed E-state index contributed by atoms with van der Waals surface area (Å²) in [5, 5.41) is 7.22. The van der Waals surface area contributed by atoms with Crippen molar-refractivity contribution in [1.29, 1.82) is 0 Å². The molecule has 0 radical (unpaired) electrons. The van der Waals surface area contributed by atoms with E-state index in [9.17, 15) is 0 Å². The van der Waals surface area contributed by atoms with Gasteiger partial charge in [0, 0.05) is 0 Å². The average molecular weight is 119 g/mol. The summed E-state index contributed by atoms with van der Waals surface area (Å²) in [6, 6.07) is 0. The van der Waals surface area contributed by atoms with Crippen LogP contribution in [0.5, 0.6) is 0 Å². The van der Waals surface area contributed by atoms with Gasteiger partial charge >= 0.3 is 0 Å². The molecule has 0 fully saturated rings. The summed E-state index contributed by atoms with van der Waals surface area (Å²) in [6.07, 6.45) is 2.95. The second-order valence-electron chi connectivity index (χ2n) is 1.37. The summed E-state index contributed by atoms with van der Waals surface area (Å²) >= 11 is 0. The van der Waals surface area contributed by atoms with E-state index in [1.54, 1.807) is 13.1 Å². The molecule has 0 aliphatic carbocycles. The van der Waals surface area contributed by atoms with Crippen molar-refractivity contribution in [2.75, 3.05) is 0 Å². The zero-order chi connectivity index (χ0) is 6.53. The zero-order valence-electron chi connectivity index (χ0n) is 5.00. The topological polar surface area (TPSA) is 38.7 Å². The van der Waals surface area contributed by atoms with Crippen molar-refractivity contribution in [2.24, 2.45) is 0 Å². The molecule has 0 aliphatic heterocycles. The minimum absolute atomic E-state index is 0.611. The smallest absolute Gasteiger partial charge is 0.154 e. The summed E-state index contributed by atoms with van der Waals surface area (Å²) in [7, 11) is 0. The maximum atomic E-state index is 3.73. The molecule has 3 heteroatoms. The van der Waals surface area contributed by atoms with E-state index in [4.69, 9.17) is 0 Å². The molecule has 44 valence electrons. The Morgan fingerprint density at radius 2 is 2.44 bits per heavy atom. The molecule has 0 saturated carbocycles. The SMILES string of the molecule is CC#Cc1cncnn1. The van der Waals surface area contributed by atoms with Crippen molar-refractivity contribution in [1.82, 2.24) is 15.2 Å². The second-order valence-corrected chi connectivity index (χ2v) is 1.37. The minimum atomic E-state index is 0.611. The van der Waals surface area contributed by atoms with Crippen LogP contribution in [0.3, 0.4) is 0 Å². The molecule has 0 unspecified atom stereocenters. The van der Waals surface area contributed by atoms with Crippen LogP contribution in [0.15, 0.2) is 12.5 Å². The third-order valence-corrected chi connectivity index (χ3v) is 0.734. The van der Waals surface area contributed by atoms with E-state index in [1.165, 1.54) is 6.33 Å². The Balaban J connectivity index is 2.94. The fraction of sp³-hybridized carbons (Fsp3) is 0.167. The molecule has 0 aromatic carbocycles. The zero-order valence-corrected chi connectivity index (χ0v) is 5.00. The molecule has 0 N–H and O–H groups in total. The van der Waals surface area contributed by atoms with Crippen LogP contribution < -0.4 is 0 Å². The first-order chi connectivity index (χ1) is 4.43. The predicted octanol–water partition coefficient (Wildman–Crippen LogP) is 0.243. The predicted molar refractivity (Wildman–Crippen MR) is 32.4 cm³/mol. The molecular formula is C6H5N3. The first-order valence-electron chi connectivity index (χ1n) is 2.49. The number of hydrogen-bond donors (Lipinski definition) is 0. The number of nitrogens with zero attached hydrogens (tertiary/aromatic N) is 3. The van der Waals surface area contributed by atoms with Crippen LogP contribution in [-0.2, 0) is 0 Å². The van der Waals surface area contributed by atoms with Gasteiger partial charge in [-0.1, -0.05) is 5.92 Å². The van der Waals surface area contributed by atoms with E-state index in [2.05, 4.69) is 27.0 Å². The first kappa shape index (κ1) is 5.70. The van der Waals surface area contributed by atoms with Gasteiger partial charge in [-0.05, 0) is 12.8 Å². The third-order valence-electron chi connectivity index (χ3n) is 0.734. The second kappa shape index (κ2) is 2.78. The maximum absolute atomic E-state index is 3.73. The van der Waals surface area contributed by atoms with Crippen molar-refractivity contribution < 1.29 is 0 Å². The Morgan fingerprint density at radius 1 is 1.56 bits per heavy atom. The van der Waals surface area contributed by atoms with E-state index in [0.29, 0.717) is 5.69 Å².